The van der Waals surface area contributed by atoms with Gasteiger partial charge in [-0.1, -0.05) is 31.9 Å². The van der Waals surface area contributed by atoms with Crippen LogP contribution in [0.15, 0.2) is 24.3 Å². The summed E-state index contributed by atoms with van der Waals surface area (Å²) in [7, 11) is 0. The van der Waals surface area contributed by atoms with Gasteiger partial charge in [-0.2, -0.15) is 0 Å². The number of carbonyl (C=O) groups is 2. The molecule has 0 saturated carbocycles. The summed E-state index contributed by atoms with van der Waals surface area (Å²) in [5.41, 5.74) is 1.03. The first-order chi connectivity index (χ1) is 9.04. The van der Waals surface area contributed by atoms with E-state index in [0.717, 1.165) is 24.8 Å². The molecule has 1 aromatic carbocycles. The van der Waals surface area contributed by atoms with Gasteiger partial charge in [0.2, 0.25) is 0 Å². The fourth-order valence-electron chi connectivity index (χ4n) is 1.74. The van der Waals surface area contributed by atoms with Gasteiger partial charge in [0.25, 0.3) is 0 Å². The van der Waals surface area contributed by atoms with Gasteiger partial charge in [0.15, 0.2) is 0 Å². The first-order valence-electron chi connectivity index (χ1n) is 6.57. The maximum absolute atomic E-state index is 11.6. The summed E-state index contributed by atoms with van der Waals surface area (Å²) in [4.78, 5) is 22.3. The van der Waals surface area contributed by atoms with Crippen molar-refractivity contribution in [2.75, 3.05) is 0 Å². The van der Waals surface area contributed by atoms with Crippen molar-refractivity contribution in [3.8, 4) is 0 Å². The number of aromatic carboxylic acids is 1. The van der Waals surface area contributed by atoms with E-state index in [1.807, 2.05) is 0 Å². The third-order valence-electron chi connectivity index (χ3n) is 2.92. The lowest BCUT2D eigenvalue weighted by atomic mass is 10.1. The molecule has 4 heteroatoms. The topological polar surface area (TPSA) is 63.6 Å². The summed E-state index contributed by atoms with van der Waals surface area (Å²) in [6.45, 7) is 3.87. The Kier molecular flexibility index (Phi) is 6.06. The second-order valence-electron chi connectivity index (χ2n) is 4.52. The molecule has 1 aromatic rings. The molecule has 0 aromatic heterocycles. The van der Waals surface area contributed by atoms with Gasteiger partial charge in [0.1, 0.15) is 6.10 Å². The zero-order valence-corrected chi connectivity index (χ0v) is 11.4. The van der Waals surface area contributed by atoms with E-state index >= 15 is 0 Å². The number of carboxylic acid groups (broad SMARTS) is 1. The highest BCUT2D eigenvalue weighted by Gasteiger charge is 2.12. The van der Waals surface area contributed by atoms with E-state index in [2.05, 4.69) is 6.92 Å². The number of hydrogen-bond acceptors (Lipinski definition) is 3. The van der Waals surface area contributed by atoms with E-state index in [9.17, 15) is 9.59 Å². The van der Waals surface area contributed by atoms with Crippen molar-refractivity contribution < 1.29 is 19.4 Å². The van der Waals surface area contributed by atoms with Gasteiger partial charge in [0.05, 0.1) is 5.56 Å². The molecule has 0 spiro atoms. The van der Waals surface area contributed by atoms with Crippen molar-refractivity contribution in [3.05, 3.63) is 35.4 Å². The number of carboxylic acids is 1. The van der Waals surface area contributed by atoms with Crippen LogP contribution in [0.25, 0.3) is 0 Å². The van der Waals surface area contributed by atoms with Crippen LogP contribution in [0.1, 0.15) is 61.6 Å². The quantitative estimate of drug-likeness (QED) is 0.604. The number of benzene rings is 1. The first kappa shape index (κ1) is 15.2. The molecule has 104 valence electrons. The zero-order chi connectivity index (χ0) is 14.3. The van der Waals surface area contributed by atoms with Crippen LogP contribution < -0.4 is 0 Å². The minimum atomic E-state index is -0.962. The maximum atomic E-state index is 11.6. The van der Waals surface area contributed by atoms with Crippen LogP contribution in [0.2, 0.25) is 0 Å². The van der Waals surface area contributed by atoms with Gasteiger partial charge in [-0.25, -0.2) is 4.79 Å². The molecule has 0 heterocycles. The Hall–Kier alpha value is -1.84. The molecule has 1 N–H and O–H groups in total. The highest BCUT2D eigenvalue weighted by Crippen LogP contribution is 2.18. The lowest BCUT2D eigenvalue weighted by molar-refractivity contribution is -0.148. The summed E-state index contributed by atoms with van der Waals surface area (Å²) >= 11 is 0. The Balaban J connectivity index is 2.50. The van der Waals surface area contributed by atoms with E-state index in [1.54, 1.807) is 19.1 Å². The Morgan fingerprint density at radius 1 is 1.21 bits per heavy atom. The van der Waals surface area contributed by atoms with Crippen molar-refractivity contribution in [2.45, 2.75) is 45.6 Å². The van der Waals surface area contributed by atoms with Gasteiger partial charge in [-0.05, 0) is 31.0 Å². The van der Waals surface area contributed by atoms with E-state index in [1.165, 1.54) is 12.1 Å². The van der Waals surface area contributed by atoms with Crippen molar-refractivity contribution >= 4 is 11.9 Å². The Morgan fingerprint density at radius 2 is 1.84 bits per heavy atom. The molecular weight excluding hydrogens is 244 g/mol. The fraction of sp³-hybridized carbons (Fsp3) is 0.467. The van der Waals surface area contributed by atoms with Crippen molar-refractivity contribution in [1.82, 2.24) is 0 Å². The largest absolute Gasteiger partial charge is 0.478 e. The molecule has 1 unspecified atom stereocenters. The number of ether oxygens (including phenoxy) is 1. The zero-order valence-electron chi connectivity index (χ0n) is 11.4. The monoisotopic (exact) mass is 264 g/mol. The van der Waals surface area contributed by atoms with Gasteiger partial charge in [-0.15, -0.1) is 0 Å². The van der Waals surface area contributed by atoms with E-state index < -0.39 is 5.97 Å². The lowest BCUT2D eigenvalue weighted by Gasteiger charge is -2.13. The molecule has 0 aliphatic carbocycles. The molecule has 0 radical (unpaired) electrons. The van der Waals surface area contributed by atoms with Crippen LogP contribution in [-0.2, 0) is 9.53 Å². The molecule has 0 aliphatic rings. The van der Waals surface area contributed by atoms with E-state index in [-0.39, 0.29) is 17.6 Å². The summed E-state index contributed by atoms with van der Waals surface area (Å²) in [5.74, 6) is -1.17. The van der Waals surface area contributed by atoms with Gasteiger partial charge in [-0.3, -0.25) is 4.79 Å². The van der Waals surface area contributed by atoms with Crippen LogP contribution in [0, 0.1) is 0 Å². The molecule has 1 rings (SSSR count). The summed E-state index contributed by atoms with van der Waals surface area (Å²) in [6, 6.07) is 6.37. The molecule has 0 amide bonds. The molecule has 19 heavy (non-hydrogen) atoms. The number of carbonyl (C=O) groups excluding carboxylic acids is 1. The predicted octanol–water partition coefficient (Wildman–Crippen LogP) is 3.57. The third-order valence-corrected chi connectivity index (χ3v) is 2.92. The standard InChI is InChI=1S/C15H20O4/c1-3-4-5-6-14(16)19-11(2)12-7-9-13(10-8-12)15(17)18/h7-11H,3-6H2,1-2H3,(H,17,18). The number of rotatable bonds is 7. The Morgan fingerprint density at radius 3 is 2.37 bits per heavy atom. The lowest BCUT2D eigenvalue weighted by Crippen LogP contribution is -2.09. The number of esters is 1. The minimum absolute atomic E-state index is 0.205. The van der Waals surface area contributed by atoms with Gasteiger partial charge < -0.3 is 9.84 Å². The maximum Gasteiger partial charge on any atom is 0.335 e. The summed E-state index contributed by atoms with van der Waals surface area (Å²) in [6.07, 6.45) is 3.03. The van der Waals surface area contributed by atoms with E-state index in [0.29, 0.717) is 6.42 Å². The average Bonchev–Trinajstić information content (AvgIpc) is 2.39. The van der Waals surface area contributed by atoms with Crippen LogP contribution in [-0.4, -0.2) is 17.0 Å². The van der Waals surface area contributed by atoms with Crippen LogP contribution in [0.4, 0.5) is 0 Å². The van der Waals surface area contributed by atoms with Crippen LogP contribution in [0.3, 0.4) is 0 Å². The van der Waals surface area contributed by atoms with Crippen molar-refractivity contribution in [1.29, 1.82) is 0 Å². The Labute approximate surface area is 113 Å². The normalized spacial score (nSPS) is 11.9. The van der Waals surface area contributed by atoms with Crippen LogP contribution >= 0.6 is 0 Å². The molecule has 0 fully saturated rings. The second kappa shape index (κ2) is 7.56. The number of hydrogen-bond donors (Lipinski definition) is 1. The second-order valence-corrected chi connectivity index (χ2v) is 4.52. The fourth-order valence-corrected chi connectivity index (χ4v) is 1.74. The molecular formula is C15H20O4. The smallest absolute Gasteiger partial charge is 0.335 e. The average molecular weight is 264 g/mol. The molecule has 0 bridgehead atoms. The minimum Gasteiger partial charge on any atom is -0.478 e. The Bertz CT molecular complexity index is 422. The first-order valence-corrected chi connectivity index (χ1v) is 6.57. The van der Waals surface area contributed by atoms with E-state index in [4.69, 9.17) is 9.84 Å². The highest BCUT2D eigenvalue weighted by atomic mass is 16.5. The van der Waals surface area contributed by atoms with Gasteiger partial charge in [0, 0.05) is 6.42 Å². The third kappa shape index (κ3) is 5.12. The van der Waals surface area contributed by atoms with Crippen molar-refractivity contribution in [3.63, 3.8) is 0 Å². The summed E-state index contributed by atoms with van der Waals surface area (Å²) in [5, 5.41) is 8.79. The molecule has 4 nitrogen and oxygen atoms in total. The van der Waals surface area contributed by atoms with Gasteiger partial charge >= 0.3 is 11.9 Å². The summed E-state index contributed by atoms with van der Waals surface area (Å²) < 4.78 is 5.30. The SMILES string of the molecule is CCCCCC(=O)OC(C)c1ccc(C(=O)O)cc1. The van der Waals surface area contributed by atoms with Crippen LogP contribution in [0.5, 0.6) is 0 Å². The number of unbranched alkanes of at least 4 members (excludes halogenated alkanes) is 2. The molecule has 0 aliphatic heterocycles. The highest BCUT2D eigenvalue weighted by molar-refractivity contribution is 5.87. The predicted molar refractivity (Wildman–Crippen MR) is 72.1 cm³/mol. The van der Waals surface area contributed by atoms with Crippen molar-refractivity contribution in [2.24, 2.45) is 0 Å². The molecule has 1 atom stereocenters. The molecule has 0 saturated heterocycles.